The third kappa shape index (κ3) is 8.87. The molecule has 0 atom stereocenters. The molecule has 0 aliphatic heterocycles. The first kappa shape index (κ1) is 41.1. The summed E-state index contributed by atoms with van der Waals surface area (Å²) in [5.41, 5.74) is 16.4. The number of hydrogen-bond donors (Lipinski definition) is 4. The topological polar surface area (TPSA) is 117 Å². The fraction of sp³-hybridized carbons (Fsp3) is 0.0909. The van der Waals surface area contributed by atoms with Gasteiger partial charge in [-0.1, -0.05) is 104 Å². The minimum absolute atomic E-state index is 0.780. The monoisotopic (exact) mass is 840 g/mol. The summed E-state index contributed by atoms with van der Waals surface area (Å²) in [6, 6.07) is 53.7. The second-order valence-corrected chi connectivity index (χ2v) is 15.2. The third-order valence-electron chi connectivity index (χ3n) is 11.3. The average molecular weight is 841 g/mol. The van der Waals surface area contributed by atoms with Gasteiger partial charge >= 0.3 is 0 Å². The molecule has 10 rings (SSSR count). The zero-order valence-corrected chi connectivity index (χ0v) is 36.1. The van der Waals surface area contributed by atoms with Crippen LogP contribution in [0.4, 0.5) is 0 Å². The molecule has 0 amide bonds. The number of methoxy groups -OCH3 is 3. The van der Waals surface area contributed by atoms with Gasteiger partial charge in [0.2, 0.25) is 0 Å². The molecule has 0 saturated carbocycles. The highest BCUT2D eigenvalue weighted by molar-refractivity contribution is 5.79. The fourth-order valence-corrected chi connectivity index (χ4v) is 7.88. The molecule has 316 valence electrons. The Bertz CT molecular complexity index is 2950. The first-order valence-corrected chi connectivity index (χ1v) is 21.2. The highest BCUT2D eigenvalue weighted by Crippen LogP contribution is 2.34. The number of nitrogens with one attached hydrogen (secondary N) is 4. The Hall–Kier alpha value is -8.30. The lowest BCUT2D eigenvalue weighted by Crippen LogP contribution is -1.89. The van der Waals surface area contributed by atoms with Crippen molar-refractivity contribution in [3.63, 3.8) is 0 Å². The van der Waals surface area contributed by atoms with Crippen molar-refractivity contribution in [3.8, 4) is 107 Å². The minimum atomic E-state index is 0.780. The Labute approximate surface area is 372 Å². The number of aromatic nitrogens is 6. The summed E-state index contributed by atoms with van der Waals surface area (Å²) in [5.74, 6) is 4.16. The molecule has 0 spiro atoms. The van der Waals surface area contributed by atoms with Crippen molar-refractivity contribution in [2.24, 2.45) is 0 Å². The molecule has 4 heterocycles. The number of hydrogen-bond acceptors (Lipinski definition) is 5. The Morgan fingerprint density at radius 3 is 1.39 bits per heavy atom. The van der Waals surface area contributed by atoms with E-state index in [1.54, 1.807) is 21.3 Å². The highest BCUT2D eigenvalue weighted by Gasteiger charge is 2.14. The van der Waals surface area contributed by atoms with E-state index in [2.05, 4.69) is 134 Å². The standard InChI is InChI=1S/C28H24N2O2.C27H24N4O/c1-31-25-10-4-8-21(13-25)27-15-23(17-29-27)19-6-3-7-20(12-19)24-16-28(30-18-24)22-9-5-11-26(14-22)32-2;1-3-18-9-4-5-12-21(18)26-28-16-23(30-26)19-10-8-11-20(15-19)24-17-29-27(31-24)22-13-6-7-14-25(22)32-2/h3-18,29-30H,1-2H3;4-17H,3H2,1-2H3,(H,28,30)(H,29,31). The van der Waals surface area contributed by atoms with Crippen LogP contribution in [0.2, 0.25) is 0 Å². The molecule has 0 fully saturated rings. The summed E-state index contributed by atoms with van der Waals surface area (Å²) < 4.78 is 16.2. The predicted molar refractivity (Wildman–Crippen MR) is 258 cm³/mol. The van der Waals surface area contributed by atoms with Gasteiger partial charge in [0.15, 0.2) is 0 Å². The largest absolute Gasteiger partial charge is 0.497 e. The van der Waals surface area contributed by atoms with E-state index in [1.807, 2.05) is 85.5 Å². The third-order valence-corrected chi connectivity index (χ3v) is 11.3. The number of imidazole rings is 2. The molecular weight excluding hydrogens is 793 g/mol. The lowest BCUT2D eigenvalue weighted by Gasteiger charge is -2.06. The van der Waals surface area contributed by atoms with Gasteiger partial charge in [0.25, 0.3) is 0 Å². The van der Waals surface area contributed by atoms with Gasteiger partial charge in [0, 0.05) is 51.6 Å². The van der Waals surface area contributed by atoms with Crippen LogP contribution < -0.4 is 14.2 Å². The molecule has 4 N–H and O–H groups in total. The summed E-state index contributed by atoms with van der Waals surface area (Å²) in [5, 5.41) is 0. The zero-order chi connectivity index (χ0) is 43.8. The van der Waals surface area contributed by atoms with Crippen molar-refractivity contribution in [2.75, 3.05) is 21.3 Å². The average Bonchev–Trinajstić information content (AvgIpc) is 4.23. The quantitative estimate of drug-likeness (QED) is 0.0977. The lowest BCUT2D eigenvalue weighted by molar-refractivity contribution is 0.415. The van der Waals surface area contributed by atoms with E-state index < -0.39 is 0 Å². The second-order valence-electron chi connectivity index (χ2n) is 15.2. The molecule has 0 saturated heterocycles. The maximum atomic E-state index is 5.48. The van der Waals surface area contributed by atoms with E-state index in [4.69, 9.17) is 14.2 Å². The number of para-hydroxylation sites is 1. The highest BCUT2D eigenvalue weighted by atomic mass is 16.5. The van der Waals surface area contributed by atoms with Crippen LogP contribution in [0, 0.1) is 0 Å². The van der Waals surface area contributed by atoms with Gasteiger partial charge in [-0.3, -0.25) is 0 Å². The van der Waals surface area contributed by atoms with Crippen molar-refractivity contribution >= 4 is 0 Å². The van der Waals surface area contributed by atoms with Crippen molar-refractivity contribution in [1.82, 2.24) is 29.9 Å². The SMILES string of the molecule is CCc1ccccc1-c1ncc(-c2cccc(-c3cnc(-c4ccccc4OC)[nH]3)c2)[nH]1.COc1cccc(-c2cc(-c3cccc(-c4c[nH]c(-c5cccc(OC)c5)c4)c3)c[nH]2)c1. The van der Waals surface area contributed by atoms with E-state index in [0.717, 1.165) is 114 Å². The summed E-state index contributed by atoms with van der Waals surface area (Å²) in [4.78, 5) is 22.9. The maximum Gasteiger partial charge on any atom is 0.141 e. The summed E-state index contributed by atoms with van der Waals surface area (Å²) in [6.07, 6.45) is 8.82. The van der Waals surface area contributed by atoms with Gasteiger partial charge in [0.05, 0.1) is 50.7 Å². The van der Waals surface area contributed by atoms with E-state index in [1.165, 1.54) is 5.56 Å². The van der Waals surface area contributed by atoms with Crippen molar-refractivity contribution in [1.29, 1.82) is 0 Å². The van der Waals surface area contributed by atoms with E-state index in [9.17, 15) is 0 Å². The van der Waals surface area contributed by atoms with Gasteiger partial charge in [-0.05, 0) is 94.9 Å². The first-order chi connectivity index (χ1) is 31.5. The maximum absolute atomic E-state index is 5.48. The number of aromatic amines is 4. The molecule has 0 aliphatic carbocycles. The van der Waals surface area contributed by atoms with E-state index in [-0.39, 0.29) is 0 Å². The van der Waals surface area contributed by atoms with E-state index in [0.29, 0.717) is 0 Å². The summed E-state index contributed by atoms with van der Waals surface area (Å²) in [6.45, 7) is 2.16. The van der Waals surface area contributed by atoms with Crippen molar-refractivity contribution in [3.05, 3.63) is 188 Å². The summed E-state index contributed by atoms with van der Waals surface area (Å²) in [7, 11) is 5.04. The van der Waals surface area contributed by atoms with Crippen LogP contribution >= 0.6 is 0 Å². The smallest absolute Gasteiger partial charge is 0.141 e. The molecule has 9 nitrogen and oxygen atoms in total. The first-order valence-electron chi connectivity index (χ1n) is 21.2. The number of nitrogens with zero attached hydrogens (tertiary/aromatic N) is 2. The van der Waals surface area contributed by atoms with Crippen LogP contribution in [0.15, 0.2) is 183 Å². The molecule has 0 bridgehead atoms. The zero-order valence-electron chi connectivity index (χ0n) is 36.1. The van der Waals surface area contributed by atoms with Gasteiger partial charge < -0.3 is 34.1 Å². The van der Waals surface area contributed by atoms with Crippen LogP contribution in [0.3, 0.4) is 0 Å². The molecular formula is C55H48N6O3. The molecule has 64 heavy (non-hydrogen) atoms. The lowest BCUT2D eigenvalue weighted by atomic mass is 10.0. The number of aryl methyl sites for hydroxylation is 1. The van der Waals surface area contributed by atoms with Crippen molar-refractivity contribution < 1.29 is 14.2 Å². The molecule has 4 aromatic heterocycles. The Morgan fingerprint density at radius 2 is 0.859 bits per heavy atom. The Balaban J connectivity index is 0.000000162. The fourth-order valence-electron chi connectivity index (χ4n) is 7.88. The van der Waals surface area contributed by atoms with Crippen LogP contribution in [0.25, 0.3) is 90.1 Å². The predicted octanol–water partition coefficient (Wildman–Crippen LogP) is 13.4. The van der Waals surface area contributed by atoms with Gasteiger partial charge in [-0.25, -0.2) is 9.97 Å². The minimum Gasteiger partial charge on any atom is -0.497 e. The normalized spacial score (nSPS) is 10.9. The molecule has 0 radical (unpaired) electrons. The van der Waals surface area contributed by atoms with Crippen LogP contribution in [-0.4, -0.2) is 51.2 Å². The Kier molecular flexibility index (Phi) is 12.0. The van der Waals surface area contributed by atoms with E-state index >= 15 is 0 Å². The summed E-state index contributed by atoms with van der Waals surface area (Å²) >= 11 is 0. The van der Waals surface area contributed by atoms with Crippen LogP contribution in [-0.2, 0) is 6.42 Å². The molecule has 6 aromatic carbocycles. The van der Waals surface area contributed by atoms with Gasteiger partial charge in [0.1, 0.15) is 28.9 Å². The molecule has 0 aliphatic rings. The molecule has 9 heteroatoms. The molecule has 10 aromatic rings. The number of benzene rings is 6. The number of ether oxygens (including phenoxy) is 3. The second kappa shape index (κ2) is 18.8. The van der Waals surface area contributed by atoms with Gasteiger partial charge in [-0.2, -0.15) is 0 Å². The van der Waals surface area contributed by atoms with Gasteiger partial charge in [-0.15, -0.1) is 0 Å². The number of H-pyrrole nitrogens is 4. The molecule has 0 unspecified atom stereocenters. The van der Waals surface area contributed by atoms with Crippen LogP contribution in [0.1, 0.15) is 12.5 Å². The Morgan fingerprint density at radius 1 is 0.406 bits per heavy atom. The van der Waals surface area contributed by atoms with Crippen molar-refractivity contribution in [2.45, 2.75) is 13.3 Å². The number of rotatable bonds is 12. The van der Waals surface area contributed by atoms with Crippen LogP contribution in [0.5, 0.6) is 17.2 Å².